The summed E-state index contributed by atoms with van der Waals surface area (Å²) >= 11 is 0. The summed E-state index contributed by atoms with van der Waals surface area (Å²) in [5, 5.41) is 3.03. The highest BCUT2D eigenvalue weighted by atomic mass is 16.1. The van der Waals surface area contributed by atoms with E-state index in [0.717, 1.165) is 19.6 Å². The van der Waals surface area contributed by atoms with E-state index in [0.29, 0.717) is 17.2 Å². The zero-order valence-corrected chi connectivity index (χ0v) is 12.3. The van der Waals surface area contributed by atoms with Crippen LogP contribution in [0.15, 0.2) is 24.3 Å². The van der Waals surface area contributed by atoms with E-state index in [4.69, 9.17) is 5.73 Å². The third kappa shape index (κ3) is 4.23. The van der Waals surface area contributed by atoms with E-state index >= 15 is 0 Å². The van der Waals surface area contributed by atoms with Crippen LogP contribution in [-0.4, -0.2) is 37.0 Å². The number of likely N-dealkylation sites (tertiary alicyclic amines) is 1. The minimum atomic E-state index is -0.0201. The molecule has 3 N–H and O–H groups in total. The maximum absolute atomic E-state index is 12.0. The van der Waals surface area contributed by atoms with Gasteiger partial charge in [-0.15, -0.1) is 0 Å². The highest BCUT2D eigenvalue weighted by Crippen LogP contribution is 2.16. The lowest BCUT2D eigenvalue weighted by Crippen LogP contribution is -2.38. The molecular formula is C16H25N3O. The van der Waals surface area contributed by atoms with Gasteiger partial charge in [0.15, 0.2) is 0 Å². The molecule has 1 fully saturated rings. The second-order valence-electron chi connectivity index (χ2n) is 5.62. The van der Waals surface area contributed by atoms with Crippen LogP contribution < -0.4 is 11.1 Å². The molecule has 1 amide bonds. The molecule has 1 aromatic rings. The molecule has 20 heavy (non-hydrogen) atoms. The molecule has 1 aliphatic rings. The van der Waals surface area contributed by atoms with Crippen LogP contribution in [-0.2, 0) is 0 Å². The standard InChI is InChI=1S/C16H25N3O/c1-2-8-19-9-6-13(7-10-19)12-18-16(20)14-4-3-5-15(17)11-14/h3-5,11,13H,2,6-10,12,17H2,1H3,(H,18,20). The fraction of sp³-hybridized carbons (Fsp3) is 0.562. The summed E-state index contributed by atoms with van der Waals surface area (Å²) in [7, 11) is 0. The monoisotopic (exact) mass is 275 g/mol. The van der Waals surface area contributed by atoms with E-state index in [1.54, 1.807) is 18.2 Å². The highest BCUT2D eigenvalue weighted by Gasteiger charge is 2.19. The minimum Gasteiger partial charge on any atom is -0.399 e. The summed E-state index contributed by atoms with van der Waals surface area (Å²) in [5.41, 5.74) is 6.97. The Labute approximate surface area is 121 Å². The largest absolute Gasteiger partial charge is 0.399 e. The van der Waals surface area contributed by atoms with Crippen LogP contribution in [0.5, 0.6) is 0 Å². The molecule has 1 aromatic carbocycles. The van der Waals surface area contributed by atoms with Gasteiger partial charge in [0.25, 0.3) is 5.91 Å². The fourth-order valence-electron chi connectivity index (χ4n) is 2.75. The van der Waals surface area contributed by atoms with Crippen molar-refractivity contribution < 1.29 is 4.79 Å². The van der Waals surface area contributed by atoms with E-state index < -0.39 is 0 Å². The Kier molecular flexibility index (Phi) is 5.41. The van der Waals surface area contributed by atoms with Gasteiger partial charge in [-0.2, -0.15) is 0 Å². The molecule has 0 aliphatic carbocycles. The van der Waals surface area contributed by atoms with Gasteiger partial charge >= 0.3 is 0 Å². The van der Waals surface area contributed by atoms with E-state index in [1.165, 1.54) is 25.8 Å². The first-order valence-electron chi connectivity index (χ1n) is 7.55. The number of nitrogens with two attached hydrogens (primary N) is 1. The quantitative estimate of drug-likeness (QED) is 0.809. The van der Waals surface area contributed by atoms with Gasteiger partial charge in [-0.1, -0.05) is 13.0 Å². The van der Waals surface area contributed by atoms with E-state index in [2.05, 4.69) is 17.1 Å². The Morgan fingerprint density at radius 3 is 2.80 bits per heavy atom. The van der Waals surface area contributed by atoms with Crippen molar-refractivity contribution in [3.8, 4) is 0 Å². The van der Waals surface area contributed by atoms with Crippen LogP contribution in [0.1, 0.15) is 36.5 Å². The predicted molar refractivity (Wildman–Crippen MR) is 82.6 cm³/mol. The van der Waals surface area contributed by atoms with Crippen LogP contribution in [0.3, 0.4) is 0 Å². The molecule has 0 spiro atoms. The lowest BCUT2D eigenvalue weighted by Gasteiger charge is -2.31. The smallest absolute Gasteiger partial charge is 0.251 e. The molecule has 0 atom stereocenters. The van der Waals surface area contributed by atoms with Crippen LogP contribution in [0.4, 0.5) is 5.69 Å². The fourth-order valence-corrected chi connectivity index (χ4v) is 2.75. The van der Waals surface area contributed by atoms with Gasteiger partial charge in [-0.05, 0) is 63.0 Å². The van der Waals surface area contributed by atoms with Gasteiger partial charge < -0.3 is 16.0 Å². The maximum Gasteiger partial charge on any atom is 0.251 e. The average molecular weight is 275 g/mol. The van der Waals surface area contributed by atoms with E-state index in [1.807, 2.05) is 6.07 Å². The molecule has 1 heterocycles. The molecule has 0 saturated carbocycles. The SMILES string of the molecule is CCCN1CCC(CNC(=O)c2cccc(N)c2)CC1. The zero-order valence-electron chi connectivity index (χ0n) is 12.3. The molecule has 1 aliphatic heterocycles. The van der Waals surface area contributed by atoms with Crippen molar-refractivity contribution >= 4 is 11.6 Å². The molecule has 1 saturated heterocycles. The molecule has 4 nitrogen and oxygen atoms in total. The van der Waals surface area contributed by atoms with Gasteiger partial charge in [0.1, 0.15) is 0 Å². The number of anilines is 1. The van der Waals surface area contributed by atoms with E-state index in [9.17, 15) is 4.79 Å². The number of hydrogen-bond acceptors (Lipinski definition) is 3. The van der Waals surface area contributed by atoms with Crippen LogP contribution in [0.25, 0.3) is 0 Å². The number of benzene rings is 1. The molecule has 0 radical (unpaired) electrons. The molecule has 4 heteroatoms. The topological polar surface area (TPSA) is 58.4 Å². The van der Waals surface area contributed by atoms with Crippen molar-refractivity contribution in [3.63, 3.8) is 0 Å². The van der Waals surface area contributed by atoms with Crippen LogP contribution in [0, 0.1) is 5.92 Å². The Morgan fingerprint density at radius 1 is 1.40 bits per heavy atom. The average Bonchev–Trinajstić information content (AvgIpc) is 2.46. The van der Waals surface area contributed by atoms with Crippen LogP contribution in [0.2, 0.25) is 0 Å². The zero-order chi connectivity index (χ0) is 14.4. The summed E-state index contributed by atoms with van der Waals surface area (Å²) in [5.74, 6) is 0.585. The number of nitrogens with zero attached hydrogens (tertiary/aromatic N) is 1. The first-order chi connectivity index (χ1) is 9.69. The summed E-state index contributed by atoms with van der Waals surface area (Å²) in [6.45, 7) is 6.51. The summed E-state index contributed by atoms with van der Waals surface area (Å²) in [6, 6.07) is 7.13. The summed E-state index contributed by atoms with van der Waals surface area (Å²) < 4.78 is 0. The van der Waals surface area contributed by atoms with Crippen LogP contribution >= 0.6 is 0 Å². The Bertz CT molecular complexity index is 439. The first kappa shape index (κ1) is 14.9. The van der Waals surface area contributed by atoms with Crippen molar-refractivity contribution in [2.24, 2.45) is 5.92 Å². The normalized spacial score (nSPS) is 17.1. The third-order valence-corrected chi connectivity index (χ3v) is 3.95. The van der Waals surface area contributed by atoms with Crippen molar-refractivity contribution in [3.05, 3.63) is 29.8 Å². The van der Waals surface area contributed by atoms with Gasteiger partial charge in [-0.25, -0.2) is 0 Å². The number of nitrogen functional groups attached to an aromatic ring is 1. The number of amides is 1. The number of rotatable bonds is 5. The molecule has 0 aromatic heterocycles. The lowest BCUT2D eigenvalue weighted by molar-refractivity contribution is 0.0936. The number of nitrogens with one attached hydrogen (secondary N) is 1. The molecule has 110 valence electrons. The lowest BCUT2D eigenvalue weighted by atomic mass is 9.96. The number of carbonyl (C=O) groups excluding carboxylic acids is 1. The van der Waals surface area contributed by atoms with Gasteiger partial charge in [0, 0.05) is 17.8 Å². The highest BCUT2D eigenvalue weighted by molar-refractivity contribution is 5.94. The summed E-state index contributed by atoms with van der Waals surface area (Å²) in [4.78, 5) is 14.5. The Morgan fingerprint density at radius 2 is 2.15 bits per heavy atom. The second-order valence-corrected chi connectivity index (χ2v) is 5.62. The first-order valence-corrected chi connectivity index (χ1v) is 7.55. The Hall–Kier alpha value is -1.55. The van der Waals surface area contributed by atoms with Gasteiger partial charge in [0.05, 0.1) is 0 Å². The number of hydrogen-bond donors (Lipinski definition) is 2. The number of carbonyl (C=O) groups is 1. The maximum atomic E-state index is 12.0. The third-order valence-electron chi connectivity index (χ3n) is 3.95. The predicted octanol–water partition coefficient (Wildman–Crippen LogP) is 2.12. The second kappa shape index (κ2) is 7.29. The van der Waals surface area contributed by atoms with Crippen molar-refractivity contribution in [2.75, 3.05) is 31.9 Å². The molecular weight excluding hydrogens is 250 g/mol. The van der Waals surface area contributed by atoms with Gasteiger partial charge in [0.2, 0.25) is 0 Å². The van der Waals surface area contributed by atoms with Crippen molar-refractivity contribution in [2.45, 2.75) is 26.2 Å². The van der Waals surface area contributed by atoms with Crippen molar-refractivity contribution in [1.82, 2.24) is 10.2 Å². The molecule has 0 unspecified atom stereocenters. The Balaban J connectivity index is 1.74. The molecule has 0 bridgehead atoms. The van der Waals surface area contributed by atoms with E-state index in [-0.39, 0.29) is 5.91 Å². The van der Waals surface area contributed by atoms with Crippen molar-refractivity contribution in [1.29, 1.82) is 0 Å². The molecule has 2 rings (SSSR count). The minimum absolute atomic E-state index is 0.0201. The van der Waals surface area contributed by atoms with Gasteiger partial charge in [-0.3, -0.25) is 4.79 Å². The summed E-state index contributed by atoms with van der Waals surface area (Å²) in [6.07, 6.45) is 3.57. The number of piperidine rings is 1.